The summed E-state index contributed by atoms with van der Waals surface area (Å²) in [5, 5.41) is 9.45. The van der Waals surface area contributed by atoms with E-state index in [1.54, 1.807) is 6.07 Å². The molecule has 1 aromatic carbocycles. The summed E-state index contributed by atoms with van der Waals surface area (Å²) in [5.74, 6) is -1.04. The molecule has 6 heteroatoms. The molecular formula is C17H24ClFN2O2. The topological polar surface area (TPSA) is 43.8 Å². The van der Waals surface area contributed by atoms with Gasteiger partial charge in [0.15, 0.2) is 0 Å². The number of aliphatic carboxylic acids is 1. The Morgan fingerprint density at radius 1 is 1.43 bits per heavy atom. The van der Waals surface area contributed by atoms with Crippen molar-refractivity contribution in [2.75, 3.05) is 26.2 Å². The molecule has 0 radical (unpaired) electrons. The van der Waals surface area contributed by atoms with Gasteiger partial charge < -0.3 is 5.11 Å². The second-order valence-corrected chi connectivity index (χ2v) is 6.58. The molecule has 1 heterocycles. The van der Waals surface area contributed by atoms with Crippen molar-refractivity contribution in [1.29, 1.82) is 0 Å². The summed E-state index contributed by atoms with van der Waals surface area (Å²) in [6.45, 7) is 6.77. The Kier molecular flexibility index (Phi) is 6.39. The van der Waals surface area contributed by atoms with Gasteiger partial charge in [-0.1, -0.05) is 18.5 Å². The lowest BCUT2D eigenvalue weighted by atomic mass is 10.0. The Labute approximate surface area is 141 Å². The predicted molar refractivity (Wildman–Crippen MR) is 89.3 cm³/mol. The van der Waals surface area contributed by atoms with Crippen LogP contribution in [-0.4, -0.2) is 53.1 Å². The van der Waals surface area contributed by atoms with Crippen molar-refractivity contribution in [3.8, 4) is 0 Å². The van der Waals surface area contributed by atoms with E-state index in [9.17, 15) is 9.18 Å². The van der Waals surface area contributed by atoms with Crippen LogP contribution < -0.4 is 0 Å². The third-order valence-electron chi connectivity index (χ3n) is 4.49. The molecule has 0 spiro atoms. The highest BCUT2D eigenvalue weighted by atomic mass is 35.5. The van der Waals surface area contributed by atoms with Crippen LogP contribution in [0.3, 0.4) is 0 Å². The summed E-state index contributed by atoms with van der Waals surface area (Å²) in [4.78, 5) is 15.1. The van der Waals surface area contributed by atoms with E-state index < -0.39 is 5.97 Å². The lowest BCUT2D eigenvalue weighted by Crippen LogP contribution is -2.46. The molecule has 2 rings (SSSR count). The molecule has 1 aromatic rings. The Balaban J connectivity index is 1.93. The van der Waals surface area contributed by atoms with E-state index in [1.807, 2.05) is 18.7 Å². The predicted octanol–water partition coefficient (Wildman–Crippen LogP) is 3.16. The standard InChI is InChI=1S/C17H24ClFN2O2/c1-3-21(11-17(22)23)13-4-6-20(7-5-13)10-14-15(18)8-12(2)9-16(14)19/h8-9,13H,3-7,10-11H2,1-2H3,(H,22,23). The van der Waals surface area contributed by atoms with Gasteiger partial charge in [0.1, 0.15) is 5.82 Å². The SMILES string of the molecule is CCN(CC(=O)O)C1CCN(Cc2c(F)cc(C)cc2Cl)CC1. The third kappa shape index (κ3) is 4.90. The van der Waals surface area contributed by atoms with Crippen LogP contribution in [0.1, 0.15) is 30.9 Å². The first-order valence-corrected chi connectivity index (χ1v) is 8.41. The first kappa shape index (κ1) is 18.2. The van der Waals surface area contributed by atoms with E-state index in [-0.39, 0.29) is 18.4 Å². The summed E-state index contributed by atoms with van der Waals surface area (Å²) in [5.41, 5.74) is 1.37. The van der Waals surface area contributed by atoms with Crippen LogP contribution in [0.25, 0.3) is 0 Å². The van der Waals surface area contributed by atoms with Crippen LogP contribution in [-0.2, 0) is 11.3 Å². The van der Waals surface area contributed by atoms with E-state index in [2.05, 4.69) is 4.90 Å². The van der Waals surface area contributed by atoms with Crippen LogP contribution in [0.2, 0.25) is 5.02 Å². The van der Waals surface area contributed by atoms with Gasteiger partial charge in [0.25, 0.3) is 0 Å². The summed E-state index contributed by atoms with van der Waals surface area (Å²) in [6, 6.07) is 3.59. The maximum absolute atomic E-state index is 14.1. The van der Waals surface area contributed by atoms with E-state index in [0.29, 0.717) is 17.1 Å². The Bertz CT molecular complexity index is 537. The maximum Gasteiger partial charge on any atom is 0.317 e. The molecule has 23 heavy (non-hydrogen) atoms. The molecule has 1 fully saturated rings. The summed E-state index contributed by atoms with van der Waals surface area (Å²) in [6.07, 6.45) is 1.79. The van der Waals surface area contributed by atoms with Gasteiger partial charge in [-0.25, -0.2) is 4.39 Å². The van der Waals surface area contributed by atoms with E-state index in [4.69, 9.17) is 16.7 Å². The average molecular weight is 343 g/mol. The van der Waals surface area contributed by atoms with Gasteiger partial charge in [-0.3, -0.25) is 14.6 Å². The number of halogens is 2. The van der Waals surface area contributed by atoms with Crippen molar-refractivity contribution < 1.29 is 14.3 Å². The summed E-state index contributed by atoms with van der Waals surface area (Å²) < 4.78 is 14.1. The highest BCUT2D eigenvalue weighted by molar-refractivity contribution is 6.31. The second-order valence-electron chi connectivity index (χ2n) is 6.17. The molecule has 0 aliphatic carbocycles. The van der Waals surface area contributed by atoms with Gasteiger partial charge in [-0.2, -0.15) is 0 Å². The number of rotatable bonds is 6. The fraction of sp³-hybridized carbons (Fsp3) is 0.588. The average Bonchev–Trinajstić information content (AvgIpc) is 2.49. The quantitative estimate of drug-likeness (QED) is 0.862. The Hall–Kier alpha value is -1.17. The zero-order chi connectivity index (χ0) is 17.0. The molecule has 128 valence electrons. The minimum absolute atomic E-state index is 0.0829. The summed E-state index contributed by atoms with van der Waals surface area (Å²) >= 11 is 6.17. The number of benzene rings is 1. The number of piperidine rings is 1. The molecule has 1 saturated heterocycles. The lowest BCUT2D eigenvalue weighted by Gasteiger charge is -2.37. The number of carbonyl (C=O) groups is 1. The smallest absolute Gasteiger partial charge is 0.317 e. The molecule has 0 atom stereocenters. The molecule has 0 unspecified atom stereocenters. The molecule has 4 nitrogen and oxygen atoms in total. The highest BCUT2D eigenvalue weighted by Gasteiger charge is 2.25. The number of likely N-dealkylation sites (tertiary alicyclic amines) is 1. The van der Waals surface area contributed by atoms with Gasteiger partial charge in [0.2, 0.25) is 0 Å². The van der Waals surface area contributed by atoms with Crippen LogP contribution in [0.4, 0.5) is 4.39 Å². The largest absolute Gasteiger partial charge is 0.480 e. The summed E-state index contributed by atoms with van der Waals surface area (Å²) in [7, 11) is 0. The van der Waals surface area contributed by atoms with E-state index >= 15 is 0 Å². The first-order chi connectivity index (χ1) is 10.9. The molecule has 1 N–H and O–H groups in total. The Morgan fingerprint density at radius 3 is 2.61 bits per heavy atom. The van der Waals surface area contributed by atoms with Crippen LogP contribution in [0.15, 0.2) is 12.1 Å². The van der Waals surface area contributed by atoms with Crippen molar-refractivity contribution in [2.24, 2.45) is 0 Å². The van der Waals surface area contributed by atoms with Crippen LogP contribution >= 0.6 is 11.6 Å². The van der Waals surface area contributed by atoms with Crippen LogP contribution in [0, 0.1) is 12.7 Å². The van der Waals surface area contributed by atoms with Gasteiger partial charge in [0.05, 0.1) is 6.54 Å². The normalized spacial score (nSPS) is 16.9. The number of aryl methyl sites for hydroxylation is 1. The zero-order valence-electron chi connectivity index (χ0n) is 13.7. The van der Waals surface area contributed by atoms with Gasteiger partial charge >= 0.3 is 5.97 Å². The van der Waals surface area contributed by atoms with Crippen molar-refractivity contribution >= 4 is 17.6 Å². The maximum atomic E-state index is 14.1. The molecule has 0 aromatic heterocycles. The van der Waals surface area contributed by atoms with Crippen molar-refractivity contribution in [3.63, 3.8) is 0 Å². The lowest BCUT2D eigenvalue weighted by molar-refractivity contribution is -0.139. The first-order valence-electron chi connectivity index (χ1n) is 8.03. The molecule has 0 amide bonds. The van der Waals surface area contributed by atoms with Gasteiger partial charge in [0, 0.05) is 23.2 Å². The Morgan fingerprint density at radius 2 is 2.09 bits per heavy atom. The number of hydrogen-bond donors (Lipinski definition) is 1. The minimum atomic E-state index is -0.789. The molecule has 1 aliphatic heterocycles. The fourth-order valence-corrected chi connectivity index (χ4v) is 3.54. The van der Waals surface area contributed by atoms with Gasteiger partial charge in [-0.05, 0) is 57.1 Å². The molecular weight excluding hydrogens is 319 g/mol. The van der Waals surface area contributed by atoms with Crippen molar-refractivity contribution in [2.45, 2.75) is 39.3 Å². The van der Waals surface area contributed by atoms with Crippen LogP contribution in [0.5, 0.6) is 0 Å². The number of hydrogen-bond acceptors (Lipinski definition) is 3. The van der Waals surface area contributed by atoms with Gasteiger partial charge in [-0.15, -0.1) is 0 Å². The van der Waals surface area contributed by atoms with Crippen molar-refractivity contribution in [3.05, 3.63) is 34.1 Å². The molecule has 0 saturated carbocycles. The number of carboxylic acid groups (broad SMARTS) is 1. The second kappa shape index (κ2) is 8.08. The molecule has 0 bridgehead atoms. The fourth-order valence-electron chi connectivity index (χ4n) is 3.22. The number of nitrogens with zero attached hydrogens (tertiary/aromatic N) is 2. The number of carboxylic acids is 1. The highest BCUT2D eigenvalue weighted by Crippen LogP contribution is 2.25. The third-order valence-corrected chi connectivity index (χ3v) is 4.82. The molecule has 1 aliphatic rings. The minimum Gasteiger partial charge on any atom is -0.480 e. The van der Waals surface area contributed by atoms with Crippen molar-refractivity contribution in [1.82, 2.24) is 9.80 Å². The van der Waals surface area contributed by atoms with E-state index in [1.165, 1.54) is 6.07 Å². The van der Waals surface area contributed by atoms with E-state index in [0.717, 1.165) is 38.0 Å². The zero-order valence-corrected chi connectivity index (χ0v) is 14.4. The monoisotopic (exact) mass is 342 g/mol. The number of likely N-dealkylation sites (N-methyl/N-ethyl adjacent to an activating group) is 1.